The monoisotopic (exact) mass is 546 g/mol. The van der Waals surface area contributed by atoms with E-state index in [9.17, 15) is 14.4 Å². The zero-order valence-electron chi connectivity index (χ0n) is 18.0. The van der Waals surface area contributed by atoms with Gasteiger partial charge in [0, 0.05) is 15.5 Å². The molecule has 0 spiro atoms. The number of halogens is 2. The van der Waals surface area contributed by atoms with E-state index in [-0.39, 0.29) is 10.7 Å². The van der Waals surface area contributed by atoms with Crippen molar-refractivity contribution in [1.29, 1.82) is 0 Å². The van der Waals surface area contributed by atoms with Crippen molar-refractivity contribution >= 4 is 67.5 Å². The minimum atomic E-state index is -0.606. The molecule has 0 bridgehead atoms. The number of hydrogen-bond acceptors (Lipinski definition) is 5. The lowest BCUT2D eigenvalue weighted by molar-refractivity contribution is -0.120. The highest BCUT2D eigenvalue weighted by molar-refractivity contribution is 9.10. The fraction of sp³-hybridized carbons (Fsp3) is 0. The second-order valence-corrected chi connectivity index (χ2v) is 8.97. The van der Waals surface area contributed by atoms with E-state index >= 15 is 0 Å². The Labute approximate surface area is 213 Å². The molecule has 1 heterocycles. The average molecular weight is 548 g/mol. The number of anilines is 2. The third-order valence-corrected chi connectivity index (χ3v) is 6.33. The Morgan fingerprint density at radius 2 is 1.51 bits per heavy atom. The van der Waals surface area contributed by atoms with Gasteiger partial charge in [0.15, 0.2) is 0 Å². The van der Waals surface area contributed by atoms with Crippen LogP contribution in [0.5, 0.6) is 5.75 Å². The highest BCUT2D eigenvalue weighted by atomic mass is 79.9. The number of esters is 1. The van der Waals surface area contributed by atoms with Crippen LogP contribution in [0.25, 0.3) is 10.8 Å². The molecular formula is C27H16BrClN2O4. The molecule has 35 heavy (non-hydrogen) atoms. The first-order chi connectivity index (χ1) is 16.9. The predicted octanol–water partition coefficient (Wildman–Crippen LogP) is 6.26. The van der Waals surface area contributed by atoms with E-state index in [0.29, 0.717) is 22.7 Å². The average Bonchev–Trinajstić information content (AvgIpc) is 3.08. The van der Waals surface area contributed by atoms with E-state index in [1.807, 2.05) is 30.3 Å². The maximum absolute atomic E-state index is 13.2. The largest absolute Gasteiger partial charge is 0.423 e. The summed E-state index contributed by atoms with van der Waals surface area (Å²) in [6.07, 6.45) is 0. The summed E-state index contributed by atoms with van der Waals surface area (Å²) < 4.78 is 6.23. The molecule has 0 atom stereocenters. The van der Waals surface area contributed by atoms with Crippen molar-refractivity contribution in [2.75, 3.05) is 10.2 Å². The summed E-state index contributed by atoms with van der Waals surface area (Å²) >= 11 is 9.61. The molecule has 0 saturated carbocycles. The summed E-state index contributed by atoms with van der Waals surface area (Å²) in [6, 6.07) is 26.1. The van der Waals surface area contributed by atoms with Crippen LogP contribution in [0.3, 0.4) is 0 Å². The summed E-state index contributed by atoms with van der Waals surface area (Å²) in [7, 11) is 0. The van der Waals surface area contributed by atoms with Crippen LogP contribution in [0, 0.1) is 0 Å². The second kappa shape index (κ2) is 9.37. The van der Waals surface area contributed by atoms with Gasteiger partial charge in [-0.25, -0.2) is 9.69 Å². The molecule has 2 amide bonds. The van der Waals surface area contributed by atoms with Crippen LogP contribution in [0.4, 0.5) is 11.4 Å². The molecule has 0 saturated heterocycles. The first-order valence-corrected chi connectivity index (χ1v) is 11.7. The number of benzene rings is 4. The number of carbonyl (C=O) groups is 3. The Morgan fingerprint density at radius 3 is 2.26 bits per heavy atom. The molecule has 5 rings (SSSR count). The molecule has 1 aliphatic rings. The van der Waals surface area contributed by atoms with Crippen LogP contribution >= 0.6 is 27.5 Å². The van der Waals surface area contributed by atoms with Gasteiger partial charge in [0.1, 0.15) is 16.5 Å². The zero-order valence-corrected chi connectivity index (χ0v) is 20.3. The van der Waals surface area contributed by atoms with Gasteiger partial charge in [0.05, 0.1) is 11.3 Å². The molecule has 172 valence electrons. The number of nitrogens with one attached hydrogen (secondary N) is 1. The number of hydrogen-bond donors (Lipinski definition) is 1. The highest BCUT2D eigenvalue weighted by Gasteiger charge is 2.39. The normalized spacial score (nSPS) is 13.5. The lowest BCUT2D eigenvalue weighted by Crippen LogP contribution is -2.32. The van der Waals surface area contributed by atoms with Gasteiger partial charge < -0.3 is 10.1 Å². The van der Waals surface area contributed by atoms with Gasteiger partial charge >= 0.3 is 5.97 Å². The third-order valence-electron chi connectivity index (χ3n) is 5.45. The van der Waals surface area contributed by atoms with E-state index in [4.69, 9.17) is 16.3 Å². The molecule has 0 aliphatic carbocycles. The van der Waals surface area contributed by atoms with Crippen LogP contribution in [-0.4, -0.2) is 17.8 Å². The number of nitrogens with zero attached hydrogens (tertiary/aromatic N) is 1. The Morgan fingerprint density at radius 1 is 0.829 bits per heavy atom. The van der Waals surface area contributed by atoms with Crippen molar-refractivity contribution in [2.45, 2.75) is 0 Å². The maximum atomic E-state index is 13.2. The summed E-state index contributed by atoms with van der Waals surface area (Å²) in [4.78, 5) is 39.6. The molecule has 0 unspecified atom stereocenters. The van der Waals surface area contributed by atoms with E-state index in [1.54, 1.807) is 60.7 Å². The van der Waals surface area contributed by atoms with E-state index in [0.717, 1.165) is 20.1 Å². The standard InChI is InChI=1S/C27H16BrClN2O4/c28-18-10-14-20(15-11-18)35-27(34)17-8-12-19(13-9-17)30-24-23(29)25(32)31(26(24)33)22-7-3-5-16-4-1-2-6-21(16)22/h1-15,30H. The smallest absolute Gasteiger partial charge is 0.343 e. The molecule has 0 radical (unpaired) electrons. The van der Waals surface area contributed by atoms with Crippen LogP contribution in [-0.2, 0) is 9.59 Å². The fourth-order valence-electron chi connectivity index (χ4n) is 3.74. The number of rotatable bonds is 5. The first-order valence-electron chi connectivity index (χ1n) is 10.5. The van der Waals surface area contributed by atoms with Crippen LogP contribution in [0.1, 0.15) is 10.4 Å². The molecule has 4 aromatic carbocycles. The highest BCUT2D eigenvalue weighted by Crippen LogP contribution is 2.34. The molecule has 8 heteroatoms. The van der Waals surface area contributed by atoms with Crippen molar-refractivity contribution in [3.63, 3.8) is 0 Å². The van der Waals surface area contributed by atoms with Crippen LogP contribution in [0.15, 0.2) is 106 Å². The van der Waals surface area contributed by atoms with Gasteiger partial charge in [-0.15, -0.1) is 0 Å². The number of ether oxygens (including phenoxy) is 1. The Hall–Kier alpha value is -3.94. The SMILES string of the molecule is O=C(Oc1ccc(Br)cc1)c1ccc(NC2=C(Cl)C(=O)N(c3cccc4ccccc34)C2=O)cc1. The van der Waals surface area contributed by atoms with Gasteiger partial charge in [-0.3, -0.25) is 9.59 Å². The number of imide groups is 1. The number of amides is 2. The van der Waals surface area contributed by atoms with Gasteiger partial charge in [-0.1, -0.05) is 63.9 Å². The van der Waals surface area contributed by atoms with Gasteiger partial charge in [-0.05, 0) is 60.0 Å². The van der Waals surface area contributed by atoms with Gasteiger partial charge in [-0.2, -0.15) is 0 Å². The van der Waals surface area contributed by atoms with E-state index in [1.165, 1.54) is 0 Å². The molecular weight excluding hydrogens is 532 g/mol. The Balaban J connectivity index is 1.34. The number of fused-ring (bicyclic) bond motifs is 1. The minimum Gasteiger partial charge on any atom is -0.423 e. The topological polar surface area (TPSA) is 75.7 Å². The predicted molar refractivity (Wildman–Crippen MR) is 138 cm³/mol. The molecule has 6 nitrogen and oxygen atoms in total. The molecule has 4 aromatic rings. The van der Waals surface area contributed by atoms with Gasteiger partial charge in [0.25, 0.3) is 11.8 Å². The van der Waals surface area contributed by atoms with Crippen molar-refractivity contribution in [2.24, 2.45) is 0 Å². The van der Waals surface area contributed by atoms with Crippen molar-refractivity contribution in [3.8, 4) is 5.75 Å². The van der Waals surface area contributed by atoms with E-state index < -0.39 is 17.8 Å². The Bertz CT molecular complexity index is 1510. The lowest BCUT2D eigenvalue weighted by atomic mass is 10.1. The fourth-order valence-corrected chi connectivity index (χ4v) is 4.21. The van der Waals surface area contributed by atoms with Crippen LogP contribution < -0.4 is 15.0 Å². The maximum Gasteiger partial charge on any atom is 0.343 e. The second-order valence-electron chi connectivity index (χ2n) is 7.68. The van der Waals surface area contributed by atoms with Crippen LogP contribution in [0.2, 0.25) is 0 Å². The minimum absolute atomic E-state index is 0.0326. The zero-order chi connectivity index (χ0) is 24.5. The first kappa shape index (κ1) is 22.8. The Kier molecular flexibility index (Phi) is 6.11. The van der Waals surface area contributed by atoms with Crippen molar-refractivity contribution < 1.29 is 19.1 Å². The van der Waals surface area contributed by atoms with Crippen molar-refractivity contribution in [3.05, 3.63) is 112 Å². The molecule has 0 aromatic heterocycles. The number of carbonyl (C=O) groups excluding carboxylic acids is 3. The summed E-state index contributed by atoms with van der Waals surface area (Å²) in [5.41, 5.74) is 1.23. The summed E-state index contributed by atoms with van der Waals surface area (Å²) in [6.45, 7) is 0. The summed E-state index contributed by atoms with van der Waals surface area (Å²) in [5.74, 6) is -1.27. The third kappa shape index (κ3) is 4.43. The van der Waals surface area contributed by atoms with Gasteiger partial charge in [0.2, 0.25) is 0 Å². The quantitative estimate of drug-likeness (QED) is 0.181. The van der Waals surface area contributed by atoms with Crippen molar-refractivity contribution in [1.82, 2.24) is 0 Å². The lowest BCUT2D eigenvalue weighted by Gasteiger charge is -2.17. The van der Waals surface area contributed by atoms with E-state index in [2.05, 4.69) is 21.2 Å². The summed E-state index contributed by atoms with van der Waals surface area (Å²) in [5, 5.41) is 4.37. The molecule has 0 fully saturated rings. The molecule has 1 aliphatic heterocycles. The molecule has 1 N–H and O–H groups in total.